The topological polar surface area (TPSA) is 37.3 Å². The number of Topliss-reactive ketones (excluding diaryl/α,β-unsaturated/α-hetero) is 1. The lowest BCUT2D eigenvalue weighted by Gasteiger charge is -2.63. The molecule has 5 rings (SSSR count). The Kier molecular flexibility index (Phi) is 3.22. The minimum atomic E-state index is -0.0455. The summed E-state index contributed by atoms with van der Waals surface area (Å²) in [5, 5.41) is 10.1. The van der Waals surface area contributed by atoms with Gasteiger partial charge in [-0.3, -0.25) is 4.79 Å². The number of fused-ring (bicyclic) bond motifs is 6. The second-order valence-electron chi connectivity index (χ2n) is 10.6. The van der Waals surface area contributed by atoms with Gasteiger partial charge in [0.25, 0.3) is 0 Å². The molecule has 8 atom stereocenters. The predicted octanol–water partition coefficient (Wildman–Crippen LogP) is 4.74. The Balaban J connectivity index is 1.46. The number of ketones is 1. The molecule has 0 saturated heterocycles. The van der Waals surface area contributed by atoms with Gasteiger partial charge in [-0.25, -0.2) is 0 Å². The van der Waals surface area contributed by atoms with Crippen molar-refractivity contribution in [2.45, 2.75) is 90.6 Å². The van der Waals surface area contributed by atoms with Gasteiger partial charge in [0.1, 0.15) is 5.78 Å². The van der Waals surface area contributed by atoms with Gasteiger partial charge >= 0.3 is 0 Å². The minimum absolute atomic E-state index is 0.0455. The summed E-state index contributed by atoms with van der Waals surface area (Å²) in [5.41, 5.74) is 0.854. The number of rotatable bonds is 0. The zero-order valence-corrected chi connectivity index (χ0v) is 15.5. The van der Waals surface area contributed by atoms with Crippen LogP contribution in [0.5, 0.6) is 0 Å². The lowest BCUT2D eigenvalue weighted by Crippen LogP contribution is -2.58. The van der Waals surface area contributed by atoms with Crippen LogP contribution < -0.4 is 0 Å². The Morgan fingerprint density at radius 3 is 2.42 bits per heavy atom. The van der Waals surface area contributed by atoms with Crippen molar-refractivity contribution in [3.05, 3.63) is 0 Å². The molecule has 5 aliphatic rings. The van der Waals surface area contributed by atoms with Gasteiger partial charge in [0.2, 0.25) is 0 Å². The van der Waals surface area contributed by atoms with Crippen LogP contribution in [0.1, 0.15) is 84.5 Å². The summed E-state index contributed by atoms with van der Waals surface area (Å²) in [6.07, 6.45) is 13.1. The van der Waals surface area contributed by atoms with Crippen molar-refractivity contribution < 1.29 is 9.90 Å². The van der Waals surface area contributed by atoms with Crippen LogP contribution in [-0.2, 0) is 4.79 Å². The van der Waals surface area contributed by atoms with Crippen LogP contribution in [0.15, 0.2) is 0 Å². The molecular formula is C22H34O2. The van der Waals surface area contributed by atoms with Gasteiger partial charge < -0.3 is 5.11 Å². The van der Waals surface area contributed by atoms with Crippen molar-refractivity contribution in [3.8, 4) is 0 Å². The van der Waals surface area contributed by atoms with Gasteiger partial charge in [0, 0.05) is 11.8 Å². The van der Waals surface area contributed by atoms with Crippen molar-refractivity contribution in [2.24, 2.45) is 39.9 Å². The van der Waals surface area contributed by atoms with E-state index >= 15 is 0 Å². The molecule has 0 aromatic carbocycles. The van der Waals surface area contributed by atoms with E-state index in [1.165, 1.54) is 51.4 Å². The Labute approximate surface area is 146 Å². The van der Waals surface area contributed by atoms with Crippen LogP contribution in [0.4, 0.5) is 0 Å². The van der Waals surface area contributed by atoms with Gasteiger partial charge in [-0.15, -0.1) is 0 Å². The summed E-state index contributed by atoms with van der Waals surface area (Å²) < 4.78 is 0. The highest BCUT2D eigenvalue weighted by atomic mass is 16.3. The molecule has 0 unspecified atom stereocenters. The Bertz CT molecular complexity index is 570. The van der Waals surface area contributed by atoms with Crippen LogP contribution in [0.25, 0.3) is 0 Å². The fraction of sp³-hybridized carbons (Fsp3) is 0.955. The highest BCUT2D eigenvalue weighted by Gasteiger charge is 2.68. The lowest BCUT2D eigenvalue weighted by molar-refractivity contribution is -0.166. The van der Waals surface area contributed by atoms with Crippen molar-refractivity contribution in [2.75, 3.05) is 0 Å². The first-order chi connectivity index (χ1) is 11.4. The molecule has 5 saturated carbocycles. The zero-order chi connectivity index (χ0) is 16.7. The molecule has 1 N–H and O–H groups in total. The third kappa shape index (κ3) is 1.70. The first-order valence-corrected chi connectivity index (χ1v) is 10.6. The largest absolute Gasteiger partial charge is 0.393 e. The quantitative estimate of drug-likeness (QED) is 0.696. The second-order valence-corrected chi connectivity index (χ2v) is 10.6. The van der Waals surface area contributed by atoms with Gasteiger partial charge in [0.15, 0.2) is 0 Å². The van der Waals surface area contributed by atoms with Crippen molar-refractivity contribution in [3.63, 3.8) is 0 Å². The zero-order valence-electron chi connectivity index (χ0n) is 15.5. The third-order valence-corrected chi connectivity index (χ3v) is 10.3. The van der Waals surface area contributed by atoms with Crippen LogP contribution >= 0.6 is 0 Å². The summed E-state index contributed by atoms with van der Waals surface area (Å²) in [5.74, 6) is 3.85. The van der Waals surface area contributed by atoms with Crippen LogP contribution in [0, 0.1) is 39.9 Å². The van der Waals surface area contributed by atoms with Gasteiger partial charge in [-0.2, -0.15) is 0 Å². The molecule has 5 aliphatic carbocycles. The molecule has 0 amide bonds. The highest BCUT2D eigenvalue weighted by Crippen LogP contribution is 2.73. The number of hydrogen-bond donors (Lipinski definition) is 1. The van der Waals surface area contributed by atoms with Gasteiger partial charge in [-0.1, -0.05) is 13.8 Å². The molecule has 0 bridgehead atoms. The number of aliphatic hydroxyl groups is 1. The van der Waals surface area contributed by atoms with Crippen LogP contribution in [-0.4, -0.2) is 17.0 Å². The molecule has 1 spiro atoms. The monoisotopic (exact) mass is 330 g/mol. The third-order valence-electron chi connectivity index (χ3n) is 10.3. The summed E-state index contributed by atoms with van der Waals surface area (Å²) >= 11 is 0. The molecule has 2 heteroatoms. The number of carbonyl (C=O) groups is 1. The number of carbonyl (C=O) groups excluding carboxylic acids is 1. The number of aliphatic hydroxyl groups excluding tert-OH is 1. The first kappa shape index (κ1) is 15.9. The summed E-state index contributed by atoms with van der Waals surface area (Å²) in [4.78, 5) is 12.6. The van der Waals surface area contributed by atoms with E-state index in [4.69, 9.17) is 0 Å². The van der Waals surface area contributed by atoms with E-state index in [0.29, 0.717) is 16.6 Å². The number of hydrogen-bond acceptors (Lipinski definition) is 2. The van der Waals surface area contributed by atoms with E-state index in [-0.39, 0.29) is 11.5 Å². The summed E-state index contributed by atoms with van der Waals surface area (Å²) in [7, 11) is 0. The molecular weight excluding hydrogens is 296 g/mol. The van der Waals surface area contributed by atoms with E-state index < -0.39 is 0 Å². The molecule has 0 aromatic heterocycles. The van der Waals surface area contributed by atoms with E-state index in [2.05, 4.69) is 13.8 Å². The SMILES string of the molecule is C[C@]12CC[C@@H](O)C[C@@H]1CC[C@@H]1[C@@H]2CC[C@@]2(C)[C@H]1CC[C@@]21CCC1=O. The molecule has 0 aromatic rings. The second kappa shape index (κ2) is 4.87. The van der Waals surface area contributed by atoms with Crippen molar-refractivity contribution in [1.29, 1.82) is 0 Å². The van der Waals surface area contributed by atoms with Gasteiger partial charge in [-0.05, 0) is 98.7 Å². The standard InChI is InChI=1S/C22H34O2/c1-20-9-5-15(23)13-14(20)3-4-16-17(20)6-10-21(2)18(16)7-11-22(21)12-8-19(22)24/h14-18,23H,3-13H2,1-2H3/t14-,15+,16+,17-,18-,20-,21-,22-/m0/s1. The van der Waals surface area contributed by atoms with Gasteiger partial charge in [0.05, 0.1) is 6.10 Å². The summed E-state index contributed by atoms with van der Waals surface area (Å²) in [6.45, 7) is 5.05. The van der Waals surface area contributed by atoms with E-state index in [0.717, 1.165) is 42.9 Å². The molecule has 0 aliphatic heterocycles. The smallest absolute Gasteiger partial charge is 0.139 e. The highest BCUT2D eigenvalue weighted by molar-refractivity contribution is 5.91. The average molecular weight is 331 g/mol. The normalized spacial score (nSPS) is 59.5. The fourth-order valence-corrected chi connectivity index (χ4v) is 8.77. The van der Waals surface area contributed by atoms with Crippen LogP contribution in [0.2, 0.25) is 0 Å². The maximum absolute atomic E-state index is 12.6. The average Bonchev–Trinajstić information content (AvgIpc) is 2.89. The summed E-state index contributed by atoms with van der Waals surface area (Å²) in [6, 6.07) is 0. The fourth-order valence-electron chi connectivity index (χ4n) is 8.77. The molecule has 5 fully saturated rings. The van der Waals surface area contributed by atoms with Crippen LogP contribution in [0.3, 0.4) is 0 Å². The molecule has 0 heterocycles. The Hall–Kier alpha value is -0.370. The maximum Gasteiger partial charge on any atom is 0.139 e. The molecule has 2 nitrogen and oxygen atoms in total. The van der Waals surface area contributed by atoms with E-state index in [1.54, 1.807) is 0 Å². The van der Waals surface area contributed by atoms with Crippen molar-refractivity contribution >= 4 is 5.78 Å². The molecule has 0 radical (unpaired) electrons. The predicted molar refractivity (Wildman–Crippen MR) is 94.4 cm³/mol. The first-order valence-electron chi connectivity index (χ1n) is 10.6. The Morgan fingerprint density at radius 2 is 1.71 bits per heavy atom. The molecule has 134 valence electrons. The maximum atomic E-state index is 12.6. The van der Waals surface area contributed by atoms with E-state index in [1.807, 2.05) is 0 Å². The van der Waals surface area contributed by atoms with E-state index in [9.17, 15) is 9.90 Å². The lowest BCUT2D eigenvalue weighted by atomic mass is 9.41. The molecule has 24 heavy (non-hydrogen) atoms. The Morgan fingerprint density at radius 1 is 0.917 bits per heavy atom. The minimum Gasteiger partial charge on any atom is -0.393 e. The van der Waals surface area contributed by atoms with Crippen molar-refractivity contribution in [1.82, 2.24) is 0 Å².